The topological polar surface area (TPSA) is 47.9 Å². The first-order valence-corrected chi connectivity index (χ1v) is 7.38. The van der Waals surface area contributed by atoms with Crippen molar-refractivity contribution in [3.63, 3.8) is 0 Å². The summed E-state index contributed by atoms with van der Waals surface area (Å²) in [5.74, 6) is 0.198. The fraction of sp³-hybridized carbons (Fsp3) is 0.0588. The van der Waals surface area contributed by atoms with Crippen molar-refractivity contribution in [3.05, 3.63) is 69.7 Å². The molecular weight excluding hydrogens is 346 g/mol. The minimum atomic E-state index is -0.471. The van der Waals surface area contributed by atoms with Gasteiger partial charge in [0.2, 0.25) is 0 Å². The third kappa shape index (κ3) is 2.80. The molecular formula is C17H12BrNO3. The Morgan fingerprint density at radius 1 is 1.18 bits per heavy atom. The monoisotopic (exact) mass is 357 g/mol. The summed E-state index contributed by atoms with van der Waals surface area (Å²) in [4.78, 5) is 16.8. The zero-order valence-electron chi connectivity index (χ0n) is 11.7. The van der Waals surface area contributed by atoms with Gasteiger partial charge in [0.1, 0.15) is 11.5 Å². The number of hydrogen-bond donors (Lipinski definition) is 0. The predicted octanol–water partition coefficient (Wildman–Crippen LogP) is 3.80. The Morgan fingerprint density at radius 2 is 1.95 bits per heavy atom. The first kappa shape index (κ1) is 14.5. The van der Waals surface area contributed by atoms with Crippen molar-refractivity contribution in [2.45, 2.75) is 0 Å². The van der Waals surface area contributed by atoms with Crippen LogP contribution in [0.5, 0.6) is 5.75 Å². The number of carbonyl (C=O) groups excluding carboxylic acids is 1. The van der Waals surface area contributed by atoms with Crippen LogP contribution in [0.15, 0.2) is 63.7 Å². The van der Waals surface area contributed by atoms with Crippen LogP contribution in [-0.2, 0) is 9.63 Å². The van der Waals surface area contributed by atoms with Crippen LogP contribution in [0, 0.1) is 0 Å². The van der Waals surface area contributed by atoms with Crippen LogP contribution in [0.25, 0.3) is 6.08 Å². The zero-order valence-corrected chi connectivity index (χ0v) is 13.3. The summed E-state index contributed by atoms with van der Waals surface area (Å²) in [7, 11) is 1.59. The van der Waals surface area contributed by atoms with E-state index in [0.717, 1.165) is 15.6 Å². The van der Waals surface area contributed by atoms with Gasteiger partial charge in [-0.2, -0.15) is 0 Å². The normalized spacial score (nSPS) is 15.6. The zero-order chi connectivity index (χ0) is 15.5. The van der Waals surface area contributed by atoms with E-state index in [1.54, 1.807) is 13.2 Å². The standard InChI is InChI=1S/C17H12BrNO3/c1-21-15-8-7-13(18)9-12(15)10-14-16(19-22-17(14)20)11-5-3-2-4-6-11/h2-10H,1H3. The van der Waals surface area contributed by atoms with E-state index in [1.807, 2.05) is 48.5 Å². The lowest BCUT2D eigenvalue weighted by atomic mass is 10.0. The van der Waals surface area contributed by atoms with E-state index >= 15 is 0 Å². The highest BCUT2D eigenvalue weighted by molar-refractivity contribution is 9.10. The van der Waals surface area contributed by atoms with Crippen molar-refractivity contribution in [1.29, 1.82) is 0 Å². The molecule has 0 saturated heterocycles. The Morgan fingerprint density at radius 3 is 2.68 bits per heavy atom. The van der Waals surface area contributed by atoms with Gasteiger partial charge >= 0.3 is 5.97 Å². The van der Waals surface area contributed by atoms with Crippen molar-refractivity contribution in [2.24, 2.45) is 5.16 Å². The molecule has 5 heteroatoms. The fourth-order valence-corrected chi connectivity index (χ4v) is 2.57. The lowest BCUT2D eigenvalue weighted by Gasteiger charge is -2.06. The number of hydrogen-bond acceptors (Lipinski definition) is 4. The molecule has 0 unspecified atom stereocenters. The van der Waals surface area contributed by atoms with Gasteiger partial charge in [-0.25, -0.2) is 4.79 Å². The first-order chi connectivity index (χ1) is 10.7. The van der Waals surface area contributed by atoms with Crippen LogP contribution in [-0.4, -0.2) is 18.8 Å². The van der Waals surface area contributed by atoms with Gasteiger partial charge in [0.25, 0.3) is 0 Å². The predicted molar refractivity (Wildman–Crippen MR) is 87.7 cm³/mol. The maximum Gasteiger partial charge on any atom is 0.368 e. The molecule has 0 spiro atoms. The summed E-state index contributed by atoms with van der Waals surface area (Å²) in [6, 6.07) is 15.0. The molecule has 0 atom stereocenters. The Kier molecular flexibility index (Phi) is 4.06. The second kappa shape index (κ2) is 6.15. The van der Waals surface area contributed by atoms with Crippen molar-refractivity contribution in [2.75, 3.05) is 7.11 Å². The Hall–Kier alpha value is -2.40. The average molecular weight is 358 g/mol. The molecule has 0 fully saturated rings. The van der Waals surface area contributed by atoms with E-state index in [2.05, 4.69) is 21.1 Å². The van der Waals surface area contributed by atoms with Gasteiger partial charge in [-0.15, -0.1) is 0 Å². The molecule has 0 amide bonds. The molecule has 4 nitrogen and oxygen atoms in total. The van der Waals surface area contributed by atoms with Crippen LogP contribution >= 0.6 is 15.9 Å². The van der Waals surface area contributed by atoms with Crippen LogP contribution < -0.4 is 4.74 Å². The summed E-state index contributed by atoms with van der Waals surface area (Å²) in [6.07, 6.45) is 1.73. The Labute approximate surface area is 136 Å². The van der Waals surface area contributed by atoms with Gasteiger partial charge in [-0.1, -0.05) is 51.4 Å². The van der Waals surface area contributed by atoms with E-state index in [9.17, 15) is 4.79 Å². The summed E-state index contributed by atoms with van der Waals surface area (Å²) in [6.45, 7) is 0. The van der Waals surface area contributed by atoms with E-state index < -0.39 is 5.97 Å². The van der Waals surface area contributed by atoms with Gasteiger partial charge in [0.05, 0.1) is 12.7 Å². The van der Waals surface area contributed by atoms with E-state index in [0.29, 0.717) is 17.0 Å². The molecule has 0 aromatic heterocycles. The number of benzene rings is 2. The third-order valence-electron chi connectivity index (χ3n) is 3.23. The van der Waals surface area contributed by atoms with E-state index in [1.165, 1.54) is 0 Å². The number of oxime groups is 1. The molecule has 2 aromatic carbocycles. The number of nitrogens with zero attached hydrogens (tertiary/aromatic N) is 1. The quantitative estimate of drug-likeness (QED) is 0.619. The summed E-state index contributed by atoms with van der Waals surface area (Å²) >= 11 is 3.42. The minimum Gasteiger partial charge on any atom is -0.496 e. The van der Waals surface area contributed by atoms with Gasteiger partial charge in [0, 0.05) is 15.6 Å². The molecule has 110 valence electrons. The third-order valence-corrected chi connectivity index (χ3v) is 3.73. The molecule has 0 aliphatic carbocycles. The average Bonchev–Trinajstić information content (AvgIpc) is 2.90. The highest BCUT2D eigenvalue weighted by Gasteiger charge is 2.27. The second-order valence-corrected chi connectivity index (χ2v) is 5.54. The highest BCUT2D eigenvalue weighted by Crippen LogP contribution is 2.28. The van der Waals surface area contributed by atoms with Gasteiger partial charge in [-0.3, -0.25) is 0 Å². The van der Waals surface area contributed by atoms with Gasteiger partial charge < -0.3 is 9.57 Å². The van der Waals surface area contributed by atoms with Crippen LogP contribution in [0.1, 0.15) is 11.1 Å². The summed E-state index contributed by atoms with van der Waals surface area (Å²) in [5, 5.41) is 3.89. The van der Waals surface area contributed by atoms with Crippen LogP contribution in [0.3, 0.4) is 0 Å². The number of halogens is 1. The van der Waals surface area contributed by atoms with Crippen molar-refractivity contribution >= 4 is 33.7 Å². The largest absolute Gasteiger partial charge is 0.496 e. The number of ether oxygens (including phenoxy) is 1. The maximum absolute atomic E-state index is 12.0. The molecule has 2 aromatic rings. The molecule has 22 heavy (non-hydrogen) atoms. The smallest absolute Gasteiger partial charge is 0.368 e. The molecule has 1 heterocycles. The Bertz CT molecular complexity index is 782. The fourth-order valence-electron chi connectivity index (χ4n) is 2.19. The Balaban J connectivity index is 2.07. The van der Waals surface area contributed by atoms with Crippen molar-refractivity contribution in [1.82, 2.24) is 0 Å². The van der Waals surface area contributed by atoms with E-state index in [4.69, 9.17) is 9.57 Å². The summed E-state index contributed by atoms with van der Waals surface area (Å²) in [5.41, 5.74) is 2.53. The molecule has 0 N–H and O–H groups in total. The number of carbonyl (C=O) groups is 1. The van der Waals surface area contributed by atoms with Crippen LogP contribution in [0.2, 0.25) is 0 Å². The highest BCUT2D eigenvalue weighted by atomic mass is 79.9. The number of methoxy groups -OCH3 is 1. The minimum absolute atomic E-state index is 0.405. The second-order valence-electron chi connectivity index (χ2n) is 4.63. The lowest BCUT2D eigenvalue weighted by Crippen LogP contribution is -2.06. The molecule has 1 aliphatic rings. The van der Waals surface area contributed by atoms with Crippen molar-refractivity contribution in [3.8, 4) is 5.75 Å². The van der Waals surface area contributed by atoms with Crippen molar-refractivity contribution < 1.29 is 14.4 Å². The maximum atomic E-state index is 12.0. The SMILES string of the molecule is COc1ccc(Br)cc1C=C1C(=O)ON=C1c1ccccc1. The van der Waals surface area contributed by atoms with E-state index in [-0.39, 0.29) is 0 Å². The molecule has 3 rings (SSSR count). The molecule has 0 radical (unpaired) electrons. The first-order valence-electron chi connectivity index (χ1n) is 6.59. The van der Waals surface area contributed by atoms with Gasteiger partial charge in [-0.05, 0) is 24.3 Å². The van der Waals surface area contributed by atoms with Crippen LogP contribution in [0.4, 0.5) is 0 Å². The van der Waals surface area contributed by atoms with Gasteiger partial charge in [0.15, 0.2) is 0 Å². The molecule has 0 saturated carbocycles. The molecule has 1 aliphatic heterocycles. The molecule has 0 bridgehead atoms. The summed E-state index contributed by atoms with van der Waals surface area (Å²) < 4.78 is 6.22. The lowest BCUT2D eigenvalue weighted by molar-refractivity contribution is -0.136. The number of rotatable bonds is 3.